The monoisotopic (exact) mass is 403 g/mol. The molecule has 0 fully saturated rings. The van der Waals surface area contributed by atoms with E-state index in [2.05, 4.69) is 53.4 Å². The fourth-order valence-electron chi connectivity index (χ4n) is 2.71. The summed E-state index contributed by atoms with van der Waals surface area (Å²) in [6.45, 7) is 10.3. The minimum absolute atomic E-state index is 0.0997. The van der Waals surface area contributed by atoms with Gasteiger partial charge >= 0.3 is 0 Å². The zero-order valence-electron chi connectivity index (χ0n) is 17.0. The molecule has 0 saturated carbocycles. The zero-order valence-corrected chi connectivity index (χ0v) is 17.8. The Morgan fingerprint density at radius 3 is 2.18 bits per heavy atom. The van der Waals surface area contributed by atoms with Crippen molar-refractivity contribution in [2.75, 3.05) is 28.6 Å². The lowest BCUT2D eigenvalue weighted by atomic mass is 10.1. The van der Waals surface area contributed by atoms with Gasteiger partial charge in [0.05, 0.1) is 0 Å². The molecule has 0 aliphatic rings. The number of carbonyl (C=O) groups excluding carboxylic acids is 2. The number of nitrogens with one attached hydrogen (secondary N) is 2. The molecule has 0 unspecified atom stereocenters. The third-order valence-electron chi connectivity index (χ3n) is 4.15. The van der Waals surface area contributed by atoms with Crippen LogP contribution < -0.4 is 15.5 Å². The van der Waals surface area contributed by atoms with Gasteiger partial charge in [0.2, 0.25) is 16.9 Å². The SMILES string of the molecule is CCN(CC)c1ccc(NC(=O)CCC(=O)Nc2nnc(CC(C)C)s2)cc1. The number of carbonyl (C=O) groups is 2. The van der Waals surface area contributed by atoms with E-state index in [4.69, 9.17) is 0 Å². The van der Waals surface area contributed by atoms with Crippen LogP contribution in [0.3, 0.4) is 0 Å². The van der Waals surface area contributed by atoms with Crippen molar-refractivity contribution in [3.8, 4) is 0 Å². The lowest BCUT2D eigenvalue weighted by Crippen LogP contribution is -2.21. The van der Waals surface area contributed by atoms with Crippen molar-refractivity contribution in [1.29, 1.82) is 0 Å². The highest BCUT2D eigenvalue weighted by molar-refractivity contribution is 7.15. The Morgan fingerprint density at radius 2 is 1.61 bits per heavy atom. The van der Waals surface area contributed by atoms with Crippen LogP contribution in [0.4, 0.5) is 16.5 Å². The number of hydrogen-bond acceptors (Lipinski definition) is 6. The molecule has 1 heterocycles. The summed E-state index contributed by atoms with van der Waals surface area (Å²) < 4.78 is 0. The summed E-state index contributed by atoms with van der Waals surface area (Å²) in [5.74, 6) is 0.0593. The summed E-state index contributed by atoms with van der Waals surface area (Å²) >= 11 is 1.37. The average Bonchev–Trinajstić information content (AvgIpc) is 3.08. The highest BCUT2D eigenvalue weighted by Gasteiger charge is 2.12. The Bertz CT molecular complexity index is 769. The first-order valence-electron chi connectivity index (χ1n) is 9.68. The first-order chi connectivity index (χ1) is 13.4. The van der Waals surface area contributed by atoms with Crippen molar-refractivity contribution in [3.63, 3.8) is 0 Å². The highest BCUT2D eigenvalue weighted by Crippen LogP contribution is 2.19. The molecular weight excluding hydrogens is 374 g/mol. The summed E-state index contributed by atoms with van der Waals surface area (Å²) in [7, 11) is 0. The van der Waals surface area contributed by atoms with Crippen LogP contribution in [0.5, 0.6) is 0 Å². The molecule has 152 valence electrons. The first-order valence-corrected chi connectivity index (χ1v) is 10.5. The highest BCUT2D eigenvalue weighted by atomic mass is 32.1. The summed E-state index contributed by atoms with van der Waals surface area (Å²) in [5, 5.41) is 14.9. The van der Waals surface area contributed by atoms with E-state index in [1.165, 1.54) is 11.3 Å². The van der Waals surface area contributed by atoms with Crippen LogP contribution in [0.2, 0.25) is 0 Å². The fraction of sp³-hybridized carbons (Fsp3) is 0.500. The van der Waals surface area contributed by atoms with Gasteiger partial charge in [0.1, 0.15) is 5.01 Å². The third-order valence-corrected chi connectivity index (χ3v) is 5.02. The Morgan fingerprint density at radius 1 is 1.00 bits per heavy atom. The lowest BCUT2D eigenvalue weighted by molar-refractivity contribution is -0.121. The van der Waals surface area contributed by atoms with Crippen LogP contribution in [0.15, 0.2) is 24.3 Å². The summed E-state index contributed by atoms with van der Waals surface area (Å²) in [5.41, 5.74) is 1.85. The van der Waals surface area contributed by atoms with Crippen molar-refractivity contribution in [3.05, 3.63) is 29.3 Å². The Hall–Kier alpha value is -2.48. The molecule has 2 amide bonds. The molecule has 8 heteroatoms. The van der Waals surface area contributed by atoms with Crippen molar-refractivity contribution in [2.45, 2.75) is 47.0 Å². The van der Waals surface area contributed by atoms with Crippen LogP contribution in [-0.4, -0.2) is 35.1 Å². The van der Waals surface area contributed by atoms with E-state index in [0.29, 0.717) is 11.0 Å². The van der Waals surface area contributed by atoms with Crippen molar-refractivity contribution in [2.24, 2.45) is 5.92 Å². The molecule has 2 rings (SSSR count). The van der Waals surface area contributed by atoms with Crippen molar-refractivity contribution < 1.29 is 9.59 Å². The molecular formula is C20H29N5O2S. The quantitative estimate of drug-likeness (QED) is 0.627. The molecule has 0 radical (unpaired) electrons. The standard InChI is InChI=1S/C20H29N5O2S/c1-5-25(6-2)16-9-7-15(8-10-16)21-17(26)11-12-18(27)22-20-24-23-19(28-20)13-14(3)4/h7-10,14H,5-6,11-13H2,1-4H3,(H,21,26)(H,22,24,27). The number of benzene rings is 1. The molecule has 2 aromatic rings. The van der Waals surface area contributed by atoms with E-state index < -0.39 is 0 Å². The van der Waals surface area contributed by atoms with Crippen molar-refractivity contribution in [1.82, 2.24) is 10.2 Å². The molecule has 7 nitrogen and oxygen atoms in total. The lowest BCUT2D eigenvalue weighted by Gasteiger charge is -2.21. The van der Waals surface area contributed by atoms with Crippen LogP contribution in [0, 0.1) is 5.92 Å². The topological polar surface area (TPSA) is 87.2 Å². The third kappa shape index (κ3) is 6.92. The molecule has 0 atom stereocenters. The summed E-state index contributed by atoms with van der Waals surface area (Å²) in [6.07, 6.45) is 1.05. The number of anilines is 3. The van der Waals surface area contributed by atoms with Gasteiger partial charge in [0, 0.05) is 43.7 Å². The largest absolute Gasteiger partial charge is 0.372 e. The van der Waals surface area contributed by atoms with E-state index in [1.54, 1.807) is 0 Å². The molecule has 28 heavy (non-hydrogen) atoms. The minimum atomic E-state index is -0.237. The second-order valence-corrected chi connectivity index (χ2v) is 7.98. The van der Waals surface area contributed by atoms with Gasteiger partial charge in [-0.25, -0.2) is 0 Å². The second kappa shape index (κ2) is 10.8. The number of nitrogens with zero attached hydrogens (tertiary/aromatic N) is 3. The maximum absolute atomic E-state index is 12.1. The Labute approximate surface area is 170 Å². The predicted octanol–water partition coefficient (Wildman–Crippen LogP) is 3.94. The van der Waals surface area contributed by atoms with Gasteiger partial charge in [0.15, 0.2) is 0 Å². The smallest absolute Gasteiger partial charge is 0.226 e. The molecule has 0 aliphatic heterocycles. The Balaban J connectivity index is 1.77. The van der Waals surface area contributed by atoms with E-state index in [1.807, 2.05) is 24.3 Å². The normalized spacial score (nSPS) is 10.8. The molecule has 0 bridgehead atoms. The predicted molar refractivity (Wildman–Crippen MR) is 115 cm³/mol. The zero-order chi connectivity index (χ0) is 20.5. The number of hydrogen-bond donors (Lipinski definition) is 2. The maximum Gasteiger partial charge on any atom is 0.226 e. The molecule has 1 aromatic heterocycles. The molecule has 1 aromatic carbocycles. The minimum Gasteiger partial charge on any atom is -0.372 e. The number of aromatic nitrogens is 2. The fourth-order valence-corrected chi connectivity index (χ4v) is 3.68. The van der Waals surface area contributed by atoms with Gasteiger partial charge in [0.25, 0.3) is 0 Å². The molecule has 0 aliphatic carbocycles. The van der Waals surface area contributed by atoms with Gasteiger partial charge in [-0.05, 0) is 44.0 Å². The van der Waals surface area contributed by atoms with Gasteiger partial charge in [-0.2, -0.15) is 0 Å². The van der Waals surface area contributed by atoms with Crippen LogP contribution in [0.1, 0.15) is 45.5 Å². The van der Waals surface area contributed by atoms with Gasteiger partial charge in [-0.1, -0.05) is 25.2 Å². The van der Waals surface area contributed by atoms with Gasteiger partial charge < -0.3 is 15.5 Å². The summed E-state index contributed by atoms with van der Waals surface area (Å²) in [6, 6.07) is 7.73. The second-order valence-electron chi connectivity index (χ2n) is 6.91. The molecule has 0 saturated heterocycles. The van der Waals surface area contributed by atoms with Gasteiger partial charge in [-0.15, -0.1) is 10.2 Å². The van der Waals surface area contributed by atoms with E-state index in [9.17, 15) is 9.59 Å². The average molecular weight is 404 g/mol. The van der Waals surface area contributed by atoms with Crippen LogP contribution in [-0.2, 0) is 16.0 Å². The van der Waals surface area contributed by atoms with Crippen molar-refractivity contribution >= 4 is 39.7 Å². The van der Waals surface area contributed by atoms with Crippen LogP contribution >= 0.6 is 11.3 Å². The molecule has 2 N–H and O–H groups in total. The van der Waals surface area contributed by atoms with Gasteiger partial charge in [-0.3, -0.25) is 9.59 Å². The first kappa shape index (κ1) is 21.8. The number of rotatable bonds is 10. The van der Waals surface area contributed by atoms with Crippen LogP contribution in [0.25, 0.3) is 0 Å². The van der Waals surface area contributed by atoms with E-state index in [-0.39, 0.29) is 24.7 Å². The maximum atomic E-state index is 12.1. The van der Waals surface area contributed by atoms with E-state index >= 15 is 0 Å². The van der Waals surface area contributed by atoms with E-state index in [0.717, 1.165) is 35.9 Å². The molecule has 0 spiro atoms. The Kier molecular flexibility index (Phi) is 8.38. The summed E-state index contributed by atoms with van der Waals surface area (Å²) in [4.78, 5) is 26.4. The number of amides is 2.